The van der Waals surface area contributed by atoms with Gasteiger partial charge in [0, 0.05) is 25.3 Å². The minimum atomic E-state index is 0.495. The first-order chi connectivity index (χ1) is 6.41. The van der Waals surface area contributed by atoms with Gasteiger partial charge in [0.15, 0.2) is 0 Å². The fourth-order valence-corrected chi connectivity index (χ4v) is 2.76. The summed E-state index contributed by atoms with van der Waals surface area (Å²) in [6, 6.07) is 0. The van der Waals surface area contributed by atoms with E-state index >= 15 is 0 Å². The summed E-state index contributed by atoms with van der Waals surface area (Å²) in [7, 11) is 0. The van der Waals surface area contributed by atoms with Gasteiger partial charge in [0.05, 0.1) is 5.54 Å². The highest BCUT2D eigenvalue weighted by molar-refractivity contribution is 5.25. The van der Waals surface area contributed by atoms with E-state index in [4.69, 9.17) is 0 Å². The Bertz CT molecular complexity index is 274. The van der Waals surface area contributed by atoms with Gasteiger partial charge >= 0.3 is 0 Å². The Hall–Kier alpha value is -0.760. The molecule has 2 heterocycles. The lowest BCUT2D eigenvalue weighted by atomic mass is 9.73. The summed E-state index contributed by atoms with van der Waals surface area (Å²) in [6.45, 7) is 3.39. The van der Waals surface area contributed by atoms with Crippen molar-refractivity contribution in [2.45, 2.75) is 24.8 Å². The van der Waals surface area contributed by atoms with Crippen molar-refractivity contribution in [2.24, 2.45) is 0 Å². The van der Waals surface area contributed by atoms with Gasteiger partial charge in [-0.3, -0.25) is 0 Å². The lowest BCUT2D eigenvalue weighted by Crippen LogP contribution is -2.63. The quantitative estimate of drug-likeness (QED) is 0.598. The molecular weight excluding hydrogens is 160 g/mol. The minimum Gasteiger partial charge on any atom is -0.363 e. The van der Waals surface area contributed by atoms with E-state index in [9.17, 15) is 0 Å². The summed E-state index contributed by atoms with van der Waals surface area (Å²) in [4.78, 5) is 2.62. The summed E-state index contributed by atoms with van der Waals surface area (Å²) < 4.78 is 0. The van der Waals surface area contributed by atoms with E-state index in [0.29, 0.717) is 5.54 Å². The van der Waals surface area contributed by atoms with Gasteiger partial charge in [0.25, 0.3) is 0 Å². The van der Waals surface area contributed by atoms with Gasteiger partial charge in [0.2, 0.25) is 0 Å². The summed E-state index contributed by atoms with van der Waals surface area (Å²) in [6.07, 6.45) is 10.9. The second-order valence-electron chi connectivity index (χ2n) is 4.38. The highest BCUT2D eigenvalue weighted by Crippen LogP contribution is 2.41. The molecule has 0 aromatic rings. The maximum absolute atomic E-state index is 3.53. The van der Waals surface area contributed by atoms with E-state index in [1.165, 1.54) is 31.5 Å². The highest BCUT2D eigenvalue weighted by Gasteiger charge is 2.44. The smallest absolute Gasteiger partial charge is 0.0527 e. The number of hydrogen-bond acceptors (Lipinski definition) is 2. The van der Waals surface area contributed by atoms with Crippen LogP contribution >= 0.6 is 0 Å². The zero-order valence-electron chi connectivity index (χ0n) is 7.92. The van der Waals surface area contributed by atoms with Gasteiger partial charge in [-0.25, -0.2) is 0 Å². The van der Waals surface area contributed by atoms with E-state index in [0.717, 1.165) is 13.1 Å². The molecule has 1 N–H and O–H groups in total. The van der Waals surface area contributed by atoms with Gasteiger partial charge < -0.3 is 10.2 Å². The Morgan fingerprint density at radius 1 is 1.38 bits per heavy atom. The standard InChI is InChI=1S/C11H16N2/c1-2-7-13-10(4-1)8-12-9-11(13)5-3-6-11/h1-2,4,12H,3,5-9H2. The summed E-state index contributed by atoms with van der Waals surface area (Å²) in [5.41, 5.74) is 1.99. The van der Waals surface area contributed by atoms with Crippen LogP contribution in [0.15, 0.2) is 23.9 Å². The van der Waals surface area contributed by atoms with Crippen molar-refractivity contribution in [1.82, 2.24) is 10.2 Å². The van der Waals surface area contributed by atoms with Gasteiger partial charge in [-0.2, -0.15) is 0 Å². The van der Waals surface area contributed by atoms with E-state index in [1.54, 1.807) is 0 Å². The molecule has 3 rings (SSSR count). The van der Waals surface area contributed by atoms with Gasteiger partial charge in [-0.05, 0) is 25.3 Å². The molecule has 1 saturated carbocycles. The molecule has 70 valence electrons. The molecule has 1 aliphatic carbocycles. The molecular formula is C11H16N2. The summed E-state index contributed by atoms with van der Waals surface area (Å²) in [5.74, 6) is 0. The van der Waals surface area contributed by atoms with Crippen molar-refractivity contribution in [3.8, 4) is 0 Å². The van der Waals surface area contributed by atoms with E-state index in [2.05, 4.69) is 28.4 Å². The number of fused-ring (bicyclic) bond motifs is 2. The first-order valence-electron chi connectivity index (χ1n) is 5.25. The summed E-state index contributed by atoms with van der Waals surface area (Å²) >= 11 is 0. The molecule has 13 heavy (non-hydrogen) atoms. The van der Waals surface area contributed by atoms with Gasteiger partial charge in [-0.1, -0.05) is 12.2 Å². The Kier molecular flexibility index (Phi) is 1.53. The number of nitrogens with zero attached hydrogens (tertiary/aromatic N) is 1. The van der Waals surface area contributed by atoms with E-state index < -0.39 is 0 Å². The SMILES string of the molecule is C1=CCN2C(=C1)CNCC21CCC1. The molecule has 0 aromatic carbocycles. The first-order valence-corrected chi connectivity index (χ1v) is 5.25. The molecule has 0 amide bonds. The third-order valence-electron chi connectivity index (χ3n) is 3.68. The van der Waals surface area contributed by atoms with Crippen LogP contribution < -0.4 is 5.32 Å². The van der Waals surface area contributed by atoms with Crippen molar-refractivity contribution in [3.05, 3.63) is 23.9 Å². The molecule has 0 unspecified atom stereocenters. The Labute approximate surface area is 79.3 Å². The van der Waals surface area contributed by atoms with E-state index in [-0.39, 0.29) is 0 Å². The van der Waals surface area contributed by atoms with Crippen molar-refractivity contribution >= 4 is 0 Å². The number of allylic oxidation sites excluding steroid dienone is 2. The summed E-state index contributed by atoms with van der Waals surface area (Å²) in [5, 5.41) is 3.53. The van der Waals surface area contributed by atoms with Crippen LogP contribution in [0.2, 0.25) is 0 Å². The molecule has 1 saturated heterocycles. The predicted molar refractivity (Wildman–Crippen MR) is 53.4 cm³/mol. The van der Waals surface area contributed by atoms with Crippen LogP contribution in [0.4, 0.5) is 0 Å². The number of hydrogen-bond donors (Lipinski definition) is 1. The first kappa shape index (κ1) is 7.63. The second kappa shape index (κ2) is 2.61. The Balaban J connectivity index is 1.91. The molecule has 0 bridgehead atoms. The van der Waals surface area contributed by atoms with Gasteiger partial charge in [-0.15, -0.1) is 0 Å². The predicted octanol–water partition coefficient (Wildman–Crippen LogP) is 1.27. The topological polar surface area (TPSA) is 15.3 Å². The Morgan fingerprint density at radius 3 is 3.08 bits per heavy atom. The molecule has 2 fully saturated rings. The molecule has 2 heteroatoms. The third kappa shape index (κ3) is 0.983. The fourth-order valence-electron chi connectivity index (χ4n) is 2.76. The molecule has 1 spiro atoms. The van der Waals surface area contributed by atoms with Crippen molar-refractivity contribution in [1.29, 1.82) is 0 Å². The monoisotopic (exact) mass is 176 g/mol. The van der Waals surface area contributed by atoms with Crippen LogP contribution in [0.1, 0.15) is 19.3 Å². The molecule has 0 radical (unpaired) electrons. The maximum Gasteiger partial charge on any atom is 0.0527 e. The molecule has 3 aliphatic rings. The van der Waals surface area contributed by atoms with Crippen LogP contribution in [0, 0.1) is 0 Å². The van der Waals surface area contributed by atoms with Crippen molar-refractivity contribution in [3.63, 3.8) is 0 Å². The van der Waals surface area contributed by atoms with E-state index in [1.807, 2.05) is 0 Å². The third-order valence-corrected chi connectivity index (χ3v) is 3.68. The van der Waals surface area contributed by atoms with Crippen molar-refractivity contribution < 1.29 is 0 Å². The highest BCUT2D eigenvalue weighted by atomic mass is 15.3. The lowest BCUT2D eigenvalue weighted by Gasteiger charge is -2.55. The lowest BCUT2D eigenvalue weighted by molar-refractivity contribution is 0.0338. The maximum atomic E-state index is 3.53. The zero-order valence-corrected chi connectivity index (χ0v) is 7.92. The van der Waals surface area contributed by atoms with Crippen molar-refractivity contribution in [2.75, 3.05) is 19.6 Å². The van der Waals surface area contributed by atoms with Gasteiger partial charge in [0.1, 0.15) is 0 Å². The van der Waals surface area contributed by atoms with Crippen LogP contribution in [0.5, 0.6) is 0 Å². The van der Waals surface area contributed by atoms with Crippen LogP contribution in [0.3, 0.4) is 0 Å². The van der Waals surface area contributed by atoms with Crippen LogP contribution in [-0.4, -0.2) is 30.1 Å². The average Bonchev–Trinajstić information content (AvgIpc) is 2.14. The zero-order chi connectivity index (χ0) is 8.73. The Morgan fingerprint density at radius 2 is 2.31 bits per heavy atom. The van der Waals surface area contributed by atoms with Crippen LogP contribution in [0.25, 0.3) is 0 Å². The number of rotatable bonds is 0. The number of piperazine rings is 1. The molecule has 2 nitrogen and oxygen atoms in total. The number of nitrogens with one attached hydrogen (secondary N) is 1. The fraction of sp³-hybridized carbons (Fsp3) is 0.636. The largest absolute Gasteiger partial charge is 0.363 e. The van der Waals surface area contributed by atoms with Crippen LogP contribution in [-0.2, 0) is 0 Å². The second-order valence-corrected chi connectivity index (χ2v) is 4.38. The molecule has 0 aromatic heterocycles. The normalized spacial score (nSPS) is 29.5. The molecule has 0 atom stereocenters. The molecule has 2 aliphatic heterocycles. The minimum absolute atomic E-state index is 0.495. The average molecular weight is 176 g/mol.